The molecule has 1 aromatic heterocycles. The Morgan fingerprint density at radius 1 is 1.32 bits per heavy atom. The van der Waals surface area contributed by atoms with Crippen molar-refractivity contribution in [1.29, 1.82) is 0 Å². The Kier molecular flexibility index (Phi) is 4.45. The van der Waals surface area contributed by atoms with Gasteiger partial charge in [-0.15, -0.1) is 11.3 Å². The second kappa shape index (κ2) is 6.50. The number of nitrogens with two attached hydrogens (primary N) is 1. The number of benzene rings is 1. The van der Waals surface area contributed by atoms with Gasteiger partial charge >= 0.3 is 0 Å². The van der Waals surface area contributed by atoms with Gasteiger partial charge in [0.15, 0.2) is 0 Å². The molecule has 3 rings (SSSR count). The average Bonchev–Trinajstić information content (AvgIpc) is 2.92. The van der Waals surface area contributed by atoms with E-state index in [0.717, 1.165) is 45.9 Å². The molecule has 0 bridgehead atoms. The molecule has 5 heteroatoms. The molecule has 4 nitrogen and oxygen atoms in total. The van der Waals surface area contributed by atoms with E-state index in [-0.39, 0.29) is 5.91 Å². The quantitative estimate of drug-likeness (QED) is 0.922. The number of carbonyl (C=O) groups is 1. The zero-order valence-electron chi connectivity index (χ0n) is 12.6. The topological polar surface area (TPSA) is 61.5 Å². The maximum atomic E-state index is 11.8. The molecule has 0 atom stereocenters. The highest BCUT2D eigenvalue weighted by molar-refractivity contribution is 7.12. The van der Waals surface area contributed by atoms with Gasteiger partial charge in [-0.25, -0.2) is 0 Å². The van der Waals surface area contributed by atoms with Crippen molar-refractivity contribution in [2.45, 2.75) is 25.9 Å². The molecular weight excluding hydrogens is 298 g/mol. The number of methoxy groups -OCH3 is 1. The lowest BCUT2D eigenvalue weighted by molar-refractivity contribution is 0.0989. The minimum atomic E-state index is -0.316. The normalized spacial score (nSPS) is 13.7. The zero-order chi connectivity index (χ0) is 15.5. The van der Waals surface area contributed by atoms with Gasteiger partial charge in [0.1, 0.15) is 5.75 Å². The summed E-state index contributed by atoms with van der Waals surface area (Å²) >= 11 is 1.67. The second-order valence-corrected chi connectivity index (χ2v) is 6.51. The van der Waals surface area contributed by atoms with Gasteiger partial charge in [-0.2, -0.15) is 0 Å². The fraction of sp³-hybridized carbons (Fsp3) is 0.353. The number of fused-ring (bicyclic) bond motifs is 1. The van der Waals surface area contributed by atoms with Gasteiger partial charge in [0.25, 0.3) is 0 Å². The van der Waals surface area contributed by atoms with E-state index in [0.29, 0.717) is 13.2 Å². The molecule has 1 amide bonds. The van der Waals surface area contributed by atoms with Crippen LogP contribution in [0, 0.1) is 0 Å². The van der Waals surface area contributed by atoms with Gasteiger partial charge < -0.3 is 15.2 Å². The molecule has 2 N–H and O–H groups in total. The van der Waals surface area contributed by atoms with Crippen molar-refractivity contribution in [3.8, 4) is 5.75 Å². The standard InChI is InChI=1S/C17H19NO3S/c1-20-12-5-2-11(3-6-12)4-7-14-16(17(18)19)13-8-9-21-10-15(13)22-14/h2-3,5-6H,4,7-10H2,1H3,(H2,18,19). The Hall–Kier alpha value is -1.85. The monoisotopic (exact) mass is 317 g/mol. The van der Waals surface area contributed by atoms with Gasteiger partial charge in [-0.3, -0.25) is 4.79 Å². The van der Waals surface area contributed by atoms with Crippen LogP contribution in [-0.4, -0.2) is 19.6 Å². The van der Waals surface area contributed by atoms with Crippen molar-refractivity contribution in [1.82, 2.24) is 0 Å². The van der Waals surface area contributed by atoms with E-state index in [4.69, 9.17) is 15.2 Å². The van der Waals surface area contributed by atoms with Crippen LogP contribution < -0.4 is 10.5 Å². The van der Waals surface area contributed by atoms with E-state index in [1.807, 2.05) is 12.1 Å². The Morgan fingerprint density at radius 2 is 2.09 bits per heavy atom. The van der Waals surface area contributed by atoms with Gasteiger partial charge in [0.05, 0.1) is 25.9 Å². The molecule has 1 aromatic carbocycles. The molecule has 0 radical (unpaired) electrons. The minimum absolute atomic E-state index is 0.316. The van der Waals surface area contributed by atoms with Crippen molar-refractivity contribution in [3.63, 3.8) is 0 Å². The summed E-state index contributed by atoms with van der Waals surface area (Å²) in [5, 5.41) is 0. The van der Waals surface area contributed by atoms with Crippen molar-refractivity contribution >= 4 is 17.2 Å². The van der Waals surface area contributed by atoms with Crippen LogP contribution in [0.15, 0.2) is 24.3 Å². The summed E-state index contributed by atoms with van der Waals surface area (Å²) in [4.78, 5) is 14.1. The van der Waals surface area contributed by atoms with Crippen LogP contribution in [0.3, 0.4) is 0 Å². The largest absolute Gasteiger partial charge is 0.497 e. The van der Waals surface area contributed by atoms with Gasteiger partial charge in [-0.05, 0) is 42.5 Å². The first-order valence-corrected chi connectivity index (χ1v) is 8.14. The minimum Gasteiger partial charge on any atom is -0.497 e. The molecule has 1 aliphatic rings. The number of rotatable bonds is 5. The van der Waals surface area contributed by atoms with Crippen LogP contribution in [0.2, 0.25) is 0 Å². The lowest BCUT2D eigenvalue weighted by atomic mass is 10.0. The maximum absolute atomic E-state index is 11.8. The van der Waals surface area contributed by atoms with Gasteiger partial charge in [-0.1, -0.05) is 12.1 Å². The van der Waals surface area contributed by atoms with Crippen molar-refractivity contribution < 1.29 is 14.3 Å². The number of ether oxygens (including phenoxy) is 2. The Labute approximate surface area is 133 Å². The van der Waals surface area contributed by atoms with E-state index >= 15 is 0 Å². The fourth-order valence-corrected chi connectivity index (χ4v) is 4.10. The molecule has 2 aromatic rings. The third-order valence-corrected chi connectivity index (χ3v) is 5.20. The molecule has 0 unspecified atom stereocenters. The molecule has 0 aliphatic carbocycles. The summed E-state index contributed by atoms with van der Waals surface area (Å²) in [7, 11) is 1.66. The number of hydrogen-bond donors (Lipinski definition) is 1. The van der Waals surface area contributed by atoms with E-state index in [9.17, 15) is 4.79 Å². The van der Waals surface area contributed by atoms with Crippen LogP contribution in [0.1, 0.15) is 31.2 Å². The summed E-state index contributed by atoms with van der Waals surface area (Å²) in [6, 6.07) is 8.02. The summed E-state index contributed by atoms with van der Waals surface area (Å²) in [6.45, 7) is 1.27. The van der Waals surface area contributed by atoms with Crippen molar-refractivity contribution in [3.05, 3.63) is 50.7 Å². The number of primary amides is 1. The summed E-state index contributed by atoms with van der Waals surface area (Å²) < 4.78 is 10.6. The summed E-state index contributed by atoms with van der Waals surface area (Å²) in [6.07, 6.45) is 2.49. The number of hydrogen-bond acceptors (Lipinski definition) is 4. The summed E-state index contributed by atoms with van der Waals surface area (Å²) in [5.74, 6) is 0.537. The highest BCUT2D eigenvalue weighted by atomic mass is 32.1. The Bertz CT molecular complexity index is 676. The fourth-order valence-electron chi connectivity index (χ4n) is 2.80. The molecule has 22 heavy (non-hydrogen) atoms. The summed E-state index contributed by atoms with van der Waals surface area (Å²) in [5.41, 5.74) is 8.66. The van der Waals surface area contributed by atoms with E-state index in [1.54, 1.807) is 18.4 Å². The molecule has 0 spiro atoms. The molecule has 116 valence electrons. The van der Waals surface area contributed by atoms with E-state index in [2.05, 4.69) is 12.1 Å². The average molecular weight is 317 g/mol. The Balaban J connectivity index is 1.79. The third kappa shape index (κ3) is 3.00. The highest BCUT2D eigenvalue weighted by Crippen LogP contribution is 2.33. The predicted octanol–water partition coefficient (Wildman–Crippen LogP) is 2.71. The molecule has 0 fully saturated rings. The van der Waals surface area contributed by atoms with Crippen LogP contribution >= 0.6 is 11.3 Å². The first-order valence-electron chi connectivity index (χ1n) is 7.33. The van der Waals surface area contributed by atoms with Crippen LogP contribution in [0.5, 0.6) is 5.75 Å². The van der Waals surface area contributed by atoms with Gasteiger partial charge in [0, 0.05) is 9.75 Å². The maximum Gasteiger partial charge on any atom is 0.250 e. The molecule has 0 saturated carbocycles. The van der Waals surface area contributed by atoms with Gasteiger partial charge in [0.2, 0.25) is 5.91 Å². The number of carbonyl (C=O) groups excluding carboxylic acids is 1. The first-order chi connectivity index (χ1) is 10.7. The smallest absolute Gasteiger partial charge is 0.250 e. The number of amides is 1. The van der Waals surface area contributed by atoms with Crippen LogP contribution in [-0.2, 0) is 30.6 Å². The molecule has 0 saturated heterocycles. The highest BCUT2D eigenvalue weighted by Gasteiger charge is 2.23. The van der Waals surface area contributed by atoms with Crippen LogP contribution in [0.4, 0.5) is 0 Å². The molecular formula is C17H19NO3S. The lowest BCUT2D eigenvalue weighted by Crippen LogP contribution is -2.17. The second-order valence-electron chi connectivity index (χ2n) is 5.32. The van der Waals surface area contributed by atoms with Crippen molar-refractivity contribution in [2.24, 2.45) is 5.73 Å². The molecule has 2 heterocycles. The van der Waals surface area contributed by atoms with E-state index in [1.165, 1.54) is 5.56 Å². The van der Waals surface area contributed by atoms with Crippen molar-refractivity contribution in [2.75, 3.05) is 13.7 Å². The third-order valence-electron chi connectivity index (χ3n) is 3.94. The number of thiophene rings is 1. The Morgan fingerprint density at radius 3 is 2.77 bits per heavy atom. The first kappa shape index (κ1) is 15.1. The lowest BCUT2D eigenvalue weighted by Gasteiger charge is -2.12. The predicted molar refractivity (Wildman–Crippen MR) is 86.6 cm³/mol. The van der Waals surface area contributed by atoms with Crippen LogP contribution in [0.25, 0.3) is 0 Å². The molecule has 1 aliphatic heterocycles. The number of aryl methyl sites for hydroxylation is 2. The SMILES string of the molecule is COc1ccc(CCc2sc3c(c2C(N)=O)CCOC3)cc1. The van der Waals surface area contributed by atoms with E-state index < -0.39 is 0 Å². The zero-order valence-corrected chi connectivity index (χ0v) is 13.4.